The summed E-state index contributed by atoms with van der Waals surface area (Å²) in [5.74, 6) is -3.67. The fourth-order valence-electron chi connectivity index (χ4n) is 1.04. The van der Waals surface area contributed by atoms with E-state index in [0.717, 1.165) is 14.2 Å². The highest BCUT2D eigenvalue weighted by atomic mass is 32.2. The van der Waals surface area contributed by atoms with Gasteiger partial charge in [-0.1, -0.05) is 0 Å². The monoisotopic (exact) mass is 434 g/mol. The van der Waals surface area contributed by atoms with E-state index in [4.69, 9.17) is 0 Å². The van der Waals surface area contributed by atoms with Gasteiger partial charge in [-0.2, -0.15) is 33.7 Å². The molecule has 0 amide bonds. The summed E-state index contributed by atoms with van der Waals surface area (Å²) in [6.45, 7) is 0. The van der Waals surface area contributed by atoms with Crippen LogP contribution in [-0.4, -0.2) is 71.3 Å². The molecule has 0 aliphatic rings. The highest BCUT2D eigenvalue weighted by molar-refractivity contribution is 7.90. The van der Waals surface area contributed by atoms with Gasteiger partial charge < -0.3 is 0 Å². The lowest BCUT2D eigenvalue weighted by atomic mass is 10.4. The van der Waals surface area contributed by atoms with Crippen LogP contribution in [0.25, 0.3) is 0 Å². The SMILES string of the molecule is COS(=O)(=O)COS(=O)(=O)CCCCS(=O)(=O)OCS(=O)(=O)OC. The summed E-state index contributed by atoms with van der Waals surface area (Å²) in [4.78, 5) is 0. The zero-order chi connectivity index (χ0) is 19.1. The fraction of sp³-hybridized carbons (Fsp3) is 1.00. The molecule has 0 bridgehead atoms. The zero-order valence-electron chi connectivity index (χ0n) is 12.8. The van der Waals surface area contributed by atoms with Crippen molar-refractivity contribution in [2.45, 2.75) is 12.8 Å². The molecule has 24 heavy (non-hydrogen) atoms. The highest BCUT2D eigenvalue weighted by Crippen LogP contribution is 2.06. The second-order valence-corrected chi connectivity index (χ2v) is 11.0. The predicted octanol–water partition coefficient (Wildman–Crippen LogP) is -1.67. The largest absolute Gasteiger partial charge is 0.293 e. The van der Waals surface area contributed by atoms with Crippen LogP contribution in [0.5, 0.6) is 0 Å². The van der Waals surface area contributed by atoms with Crippen molar-refractivity contribution in [1.29, 1.82) is 0 Å². The van der Waals surface area contributed by atoms with E-state index < -0.39 is 63.9 Å². The summed E-state index contributed by atoms with van der Waals surface area (Å²) in [5.41, 5.74) is 0. The minimum atomic E-state index is -4.19. The molecule has 0 N–H and O–H groups in total. The molecule has 146 valence electrons. The molecule has 0 aromatic carbocycles. The maximum atomic E-state index is 11.4. The molecule has 0 aliphatic carbocycles. The summed E-state index contributed by atoms with van der Waals surface area (Å²) in [5, 5.41) is 0. The van der Waals surface area contributed by atoms with Crippen LogP contribution in [-0.2, 0) is 57.2 Å². The van der Waals surface area contributed by atoms with Gasteiger partial charge in [-0.15, -0.1) is 0 Å². The van der Waals surface area contributed by atoms with Crippen molar-refractivity contribution in [2.24, 2.45) is 0 Å². The molecule has 0 saturated carbocycles. The van der Waals surface area contributed by atoms with Gasteiger partial charge in [-0.3, -0.25) is 16.7 Å². The lowest BCUT2D eigenvalue weighted by molar-refractivity contribution is 0.325. The molecule has 0 atom stereocenters. The first-order chi connectivity index (χ1) is 10.7. The van der Waals surface area contributed by atoms with Crippen LogP contribution in [0.1, 0.15) is 12.8 Å². The quantitative estimate of drug-likeness (QED) is 0.238. The van der Waals surface area contributed by atoms with Gasteiger partial charge in [0.2, 0.25) is 0 Å². The molecule has 0 aliphatic heterocycles. The molecule has 12 nitrogen and oxygen atoms in total. The van der Waals surface area contributed by atoms with Crippen LogP contribution in [0.15, 0.2) is 0 Å². The second kappa shape index (κ2) is 9.37. The Bertz CT molecular complexity index is 719. The number of unbranched alkanes of at least 4 members (excludes halogenated alkanes) is 1. The van der Waals surface area contributed by atoms with E-state index in [2.05, 4.69) is 16.7 Å². The Kier molecular flexibility index (Phi) is 9.23. The third-order valence-electron chi connectivity index (χ3n) is 2.29. The summed E-state index contributed by atoms with van der Waals surface area (Å²) < 4.78 is 106. The first-order valence-electron chi connectivity index (χ1n) is 6.05. The van der Waals surface area contributed by atoms with Gasteiger partial charge >= 0.3 is 0 Å². The Labute approximate surface area is 141 Å². The molecule has 0 saturated heterocycles. The van der Waals surface area contributed by atoms with Crippen molar-refractivity contribution < 1.29 is 50.4 Å². The van der Waals surface area contributed by atoms with E-state index in [1.165, 1.54) is 0 Å². The van der Waals surface area contributed by atoms with Gasteiger partial charge in [-0.25, -0.2) is 0 Å². The van der Waals surface area contributed by atoms with Gasteiger partial charge in [0.05, 0.1) is 25.7 Å². The van der Waals surface area contributed by atoms with Crippen molar-refractivity contribution in [2.75, 3.05) is 37.6 Å². The van der Waals surface area contributed by atoms with Gasteiger partial charge in [0.25, 0.3) is 40.5 Å². The normalized spacial score (nSPS) is 13.9. The van der Waals surface area contributed by atoms with E-state index in [1.807, 2.05) is 0 Å². The lowest BCUT2D eigenvalue weighted by Gasteiger charge is -2.06. The molecule has 0 heterocycles. The molecule has 0 radical (unpaired) electrons. The van der Waals surface area contributed by atoms with Crippen molar-refractivity contribution in [3.8, 4) is 0 Å². The van der Waals surface area contributed by atoms with Crippen LogP contribution in [0, 0.1) is 0 Å². The number of hydrogen-bond donors (Lipinski definition) is 0. The minimum Gasteiger partial charge on any atom is -0.272 e. The molecule has 0 spiro atoms. The third kappa shape index (κ3) is 11.2. The summed E-state index contributed by atoms with van der Waals surface area (Å²) in [7, 11) is -15.0. The number of rotatable bonds is 13. The first-order valence-corrected chi connectivity index (χ1v) is 12.4. The molecule has 0 fully saturated rings. The van der Waals surface area contributed by atoms with Crippen molar-refractivity contribution in [1.82, 2.24) is 0 Å². The van der Waals surface area contributed by atoms with E-state index in [9.17, 15) is 33.7 Å². The van der Waals surface area contributed by atoms with Crippen molar-refractivity contribution in [3.63, 3.8) is 0 Å². The Morgan fingerprint density at radius 2 is 0.833 bits per heavy atom. The van der Waals surface area contributed by atoms with Crippen molar-refractivity contribution in [3.05, 3.63) is 0 Å². The molecule has 0 aromatic heterocycles. The smallest absolute Gasteiger partial charge is 0.272 e. The van der Waals surface area contributed by atoms with Crippen LogP contribution in [0.2, 0.25) is 0 Å². The maximum absolute atomic E-state index is 11.4. The number of hydrogen-bond acceptors (Lipinski definition) is 12. The average molecular weight is 434 g/mol. The van der Waals surface area contributed by atoms with Gasteiger partial charge in [0.1, 0.15) is 0 Å². The zero-order valence-corrected chi connectivity index (χ0v) is 16.0. The molecular formula is C8H18O12S4. The van der Waals surface area contributed by atoms with Crippen LogP contribution in [0.4, 0.5) is 0 Å². The van der Waals surface area contributed by atoms with E-state index in [-0.39, 0.29) is 12.8 Å². The van der Waals surface area contributed by atoms with Gasteiger partial charge in [0, 0.05) is 0 Å². The summed E-state index contributed by atoms with van der Waals surface area (Å²) in [6, 6.07) is 0. The second-order valence-electron chi connectivity index (χ2n) is 4.15. The van der Waals surface area contributed by atoms with Gasteiger partial charge in [0.15, 0.2) is 11.9 Å². The predicted molar refractivity (Wildman–Crippen MR) is 80.6 cm³/mol. The highest BCUT2D eigenvalue weighted by Gasteiger charge is 2.20. The van der Waals surface area contributed by atoms with Crippen LogP contribution >= 0.6 is 0 Å². The summed E-state index contributed by atoms with van der Waals surface area (Å²) in [6.07, 6.45) is -0.371. The Morgan fingerprint density at radius 3 is 1.08 bits per heavy atom. The van der Waals surface area contributed by atoms with E-state index in [0.29, 0.717) is 0 Å². The van der Waals surface area contributed by atoms with Crippen molar-refractivity contribution >= 4 is 40.5 Å². The van der Waals surface area contributed by atoms with E-state index >= 15 is 0 Å². The first kappa shape index (κ1) is 23.6. The fourth-order valence-corrected chi connectivity index (χ4v) is 4.70. The Hall–Kier alpha value is -0.360. The lowest BCUT2D eigenvalue weighted by Crippen LogP contribution is -2.20. The molecular weight excluding hydrogens is 416 g/mol. The molecule has 0 unspecified atom stereocenters. The minimum absolute atomic E-state index is 0.186. The molecule has 0 rings (SSSR count). The Balaban J connectivity index is 4.28. The average Bonchev–Trinajstić information content (AvgIpc) is 2.48. The maximum Gasteiger partial charge on any atom is 0.293 e. The van der Waals surface area contributed by atoms with E-state index in [1.54, 1.807) is 0 Å². The van der Waals surface area contributed by atoms with Crippen LogP contribution in [0.3, 0.4) is 0 Å². The molecule has 0 aromatic rings. The molecule has 16 heteroatoms. The topological polar surface area (TPSA) is 173 Å². The standard InChI is InChI=1S/C8H18O12S4/c1-17-23(13,14)7-19-21(9,10)5-3-4-6-22(11,12)20-8-24(15,16)18-2/h3-8H2,1-2H3. The van der Waals surface area contributed by atoms with Crippen LogP contribution < -0.4 is 0 Å². The van der Waals surface area contributed by atoms with Gasteiger partial charge in [-0.05, 0) is 12.8 Å². The third-order valence-corrected chi connectivity index (χ3v) is 6.95. The summed E-state index contributed by atoms with van der Waals surface area (Å²) >= 11 is 0. The Morgan fingerprint density at radius 1 is 0.542 bits per heavy atom.